The number of ether oxygens (including phenoxy) is 1. The van der Waals surface area contributed by atoms with Crippen molar-refractivity contribution in [2.45, 2.75) is 101 Å². The highest BCUT2D eigenvalue weighted by atomic mass is 16.5. The summed E-state index contributed by atoms with van der Waals surface area (Å²) in [7, 11) is 0. The largest absolute Gasteiger partial charge is 0.508 e. The Morgan fingerprint density at radius 1 is 1.04 bits per heavy atom. The Morgan fingerprint density at radius 3 is 2.09 bits per heavy atom. The highest BCUT2D eigenvalue weighted by Crippen LogP contribution is 2.21. The van der Waals surface area contributed by atoms with E-state index >= 15 is 0 Å². The zero-order valence-electron chi connectivity index (χ0n) is 25.6. The number of rotatable bonds is 14. The maximum Gasteiger partial charge on any atom is 0.373 e. The molecule has 1 saturated heterocycles. The van der Waals surface area contributed by atoms with E-state index in [9.17, 15) is 19.5 Å². The molecule has 1 aromatic carbocycles. The first-order valence-electron chi connectivity index (χ1n) is 14.3. The summed E-state index contributed by atoms with van der Waals surface area (Å²) in [5.74, 6) is -0.249. The van der Waals surface area contributed by atoms with Gasteiger partial charge in [0.05, 0.1) is 12.6 Å². The van der Waals surface area contributed by atoms with Gasteiger partial charge in [0.1, 0.15) is 17.8 Å². The van der Waals surface area contributed by atoms with E-state index in [1.54, 1.807) is 19.1 Å². The summed E-state index contributed by atoms with van der Waals surface area (Å²) in [5.41, 5.74) is 7.56. The van der Waals surface area contributed by atoms with E-state index in [-0.39, 0.29) is 70.4 Å². The van der Waals surface area contributed by atoms with Gasteiger partial charge in [-0.05, 0) is 70.1 Å². The number of benzene rings is 1. The first kappa shape index (κ1) is 48.2. The Kier molecular flexibility index (Phi) is 29.8. The van der Waals surface area contributed by atoms with Gasteiger partial charge >= 0.3 is 6.15 Å². The van der Waals surface area contributed by atoms with Crippen LogP contribution in [0.3, 0.4) is 0 Å². The number of carbonyl (C=O) groups is 3. The molecule has 260 valence electrons. The summed E-state index contributed by atoms with van der Waals surface area (Å²) < 4.78 is 4.83. The van der Waals surface area contributed by atoms with Crippen LogP contribution in [-0.4, -0.2) is 84.9 Å². The van der Waals surface area contributed by atoms with Gasteiger partial charge in [0.25, 0.3) is 0 Å². The van der Waals surface area contributed by atoms with E-state index < -0.39 is 12.1 Å². The molecule has 3 amide bonds. The highest BCUT2D eigenvalue weighted by molar-refractivity contribution is 5.89. The Hall–Kier alpha value is -3.73. The van der Waals surface area contributed by atoms with Crippen LogP contribution >= 0.6 is 0 Å². The van der Waals surface area contributed by atoms with E-state index in [4.69, 9.17) is 20.1 Å². The van der Waals surface area contributed by atoms with Crippen LogP contribution < -0.4 is 21.7 Å². The predicted octanol–water partition coefficient (Wildman–Crippen LogP) is 3.39. The summed E-state index contributed by atoms with van der Waals surface area (Å²) in [5, 5.41) is 17.8. The van der Waals surface area contributed by atoms with Gasteiger partial charge in [-0.3, -0.25) is 14.4 Å². The number of nitrogens with zero attached hydrogens (tertiary/aromatic N) is 1. The molecule has 12 nitrogen and oxygen atoms in total. The summed E-state index contributed by atoms with van der Waals surface area (Å²) in [6.45, 7) is 16.7. The van der Waals surface area contributed by atoms with Gasteiger partial charge in [0, 0.05) is 32.0 Å². The van der Waals surface area contributed by atoms with Crippen LogP contribution in [0, 0.1) is 5.92 Å². The number of nitrogens with two attached hydrogens (primary N) is 1. The zero-order chi connectivity index (χ0) is 32.1. The lowest BCUT2D eigenvalue weighted by Gasteiger charge is -2.28. The highest BCUT2D eigenvalue weighted by Gasteiger charge is 2.31. The maximum atomic E-state index is 12.7. The number of amides is 3. The van der Waals surface area contributed by atoms with Gasteiger partial charge < -0.3 is 36.4 Å². The summed E-state index contributed by atoms with van der Waals surface area (Å²) in [6, 6.07) is 5.21. The Labute approximate surface area is 271 Å². The number of phenolic OH excluding ortho intramolecular Hbond substituents is 1. The van der Waals surface area contributed by atoms with Crippen LogP contribution in [0.1, 0.15) is 81.7 Å². The van der Waals surface area contributed by atoms with Gasteiger partial charge in [-0.15, -0.1) is 0 Å². The molecule has 6 N–H and O–H groups in total. The molecule has 0 unspecified atom stereocenters. The molecule has 1 fully saturated rings. The van der Waals surface area contributed by atoms with Crippen molar-refractivity contribution >= 4 is 23.9 Å². The third-order valence-corrected chi connectivity index (χ3v) is 6.30. The fourth-order valence-corrected chi connectivity index (χ4v) is 4.18. The van der Waals surface area contributed by atoms with Crippen molar-refractivity contribution < 1.29 is 33.8 Å². The average molecular weight is 640 g/mol. The molecule has 1 heterocycles. The average Bonchev–Trinajstić information content (AvgIpc) is 3.44. The van der Waals surface area contributed by atoms with Crippen LogP contribution in [0.2, 0.25) is 0 Å². The minimum atomic E-state index is -0.726. The fraction of sp³-hybridized carbons (Fsp3) is 0.636. The van der Waals surface area contributed by atoms with Crippen LogP contribution in [0.15, 0.2) is 36.5 Å². The second-order valence-corrected chi connectivity index (χ2v) is 10.2. The number of hydrogen-bond acceptors (Lipinski definition) is 9. The molecule has 0 aromatic heterocycles. The molecule has 0 radical (unpaired) electrons. The van der Waals surface area contributed by atoms with Crippen molar-refractivity contribution in [3.8, 4) is 5.75 Å². The minimum Gasteiger partial charge on any atom is -0.508 e. The monoisotopic (exact) mass is 639 g/mol. The number of likely N-dealkylation sites (tertiary alicyclic amines) is 1. The lowest BCUT2D eigenvalue weighted by molar-refractivity contribution is -0.191. The summed E-state index contributed by atoms with van der Waals surface area (Å²) in [6.07, 6.45) is 3.05. The smallest absolute Gasteiger partial charge is 0.373 e. The van der Waals surface area contributed by atoms with Crippen LogP contribution in [0.5, 0.6) is 5.75 Å². The lowest BCUT2D eigenvalue weighted by Crippen LogP contribution is -2.51. The van der Waals surface area contributed by atoms with E-state index in [0.29, 0.717) is 31.6 Å². The van der Waals surface area contributed by atoms with Gasteiger partial charge in [-0.2, -0.15) is 9.59 Å². The predicted molar refractivity (Wildman–Crippen MR) is 179 cm³/mol. The van der Waals surface area contributed by atoms with Gasteiger partial charge in [-0.1, -0.05) is 54.8 Å². The molecule has 0 aliphatic carbocycles. The van der Waals surface area contributed by atoms with E-state index in [1.807, 2.05) is 44.7 Å². The number of nitrogens with one attached hydrogen (secondary N) is 3. The van der Waals surface area contributed by atoms with Crippen molar-refractivity contribution in [1.29, 1.82) is 0 Å². The molecular formula is C33H61N5O7. The topological polar surface area (TPSA) is 180 Å². The van der Waals surface area contributed by atoms with Crippen molar-refractivity contribution in [3.05, 3.63) is 42.1 Å². The number of hydrogen-bond donors (Lipinski definition) is 5. The summed E-state index contributed by atoms with van der Waals surface area (Å²) >= 11 is 0. The second kappa shape index (κ2) is 27.8. The fourth-order valence-electron chi connectivity index (χ4n) is 4.18. The number of aromatic hydroxyl groups is 1. The van der Waals surface area contributed by atoms with Gasteiger partial charge in [0.15, 0.2) is 0 Å². The van der Waals surface area contributed by atoms with Crippen LogP contribution in [0.25, 0.3) is 0 Å². The van der Waals surface area contributed by atoms with Crippen LogP contribution in [0.4, 0.5) is 0 Å². The molecule has 0 bridgehead atoms. The molecule has 2 rings (SSSR count). The van der Waals surface area contributed by atoms with Crippen molar-refractivity contribution in [3.63, 3.8) is 0 Å². The molecule has 45 heavy (non-hydrogen) atoms. The Morgan fingerprint density at radius 2 is 1.60 bits per heavy atom. The standard InChI is InChI=1S/C25H39N5O4.C4H10O.CO2.3CH4/c1-16(2)14-21(26)24(33)29-18(4)23(32)28-15-17(3)30-13-5-6-22(30)25(34)27-12-11-19-7-9-20(31)10-8-19;1-3-5-4-2;2-1-3;;;/h7-10,16,18,21-22,31H,3,5-6,11-15,26H2,1-2,4H3,(H,27,34)(H,28,32)(H,29,33);3-4H2,1-2H3;;3*1H4/t18-,21-,22-;;;;;/m0...../s1. The molecule has 12 heteroatoms. The third kappa shape index (κ3) is 20.8. The van der Waals surface area contributed by atoms with Crippen LogP contribution in [-0.2, 0) is 35.1 Å². The minimum absolute atomic E-state index is 0. The van der Waals surface area contributed by atoms with Crippen molar-refractivity contribution in [2.75, 3.05) is 32.8 Å². The molecule has 1 aliphatic rings. The number of carbonyl (C=O) groups excluding carboxylic acids is 5. The Balaban J connectivity index is -0.000000683. The molecular weight excluding hydrogens is 578 g/mol. The van der Waals surface area contributed by atoms with E-state index in [2.05, 4.69) is 22.5 Å². The Bertz CT molecular complexity index is 994. The zero-order valence-corrected chi connectivity index (χ0v) is 25.6. The quantitative estimate of drug-likeness (QED) is 0.204. The SMILES string of the molecule is C.C.C.C=C(CNC(=O)[C@H](C)NC(=O)[C@@H](N)CC(C)C)N1CCC[C@H]1C(=O)NCCc1ccc(O)cc1.CCOCC.O=C=O. The molecule has 3 atom stereocenters. The van der Waals surface area contributed by atoms with E-state index in [1.165, 1.54) is 0 Å². The maximum absolute atomic E-state index is 12.7. The van der Waals surface area contributed by atoms with Crippen molar-refractivity contribution in [2.24, 2.45) is 11.7 Å². The molecule has 1 aromatic rings. The molecule has 0 spiro atoms. The van der Waals surface area contributed by atoms with Gasteiger partial charge in [-0.25, -0.2) is 0 Å². The first-order valence-corrected chi connectivity index (χ1v) is 14.3. The third-order valence-electron chi connectivity index (χ3n) is 6.30. The number of phenols is 1. The lowest BCUT2D eigenvalue weighted by atomic mass is 10.0. The van der Waals surface area contributed by atoms with Crippen molar-refractivity contribution in [1.82, 2.24) is 20.9 Å². The van der Waals surface area contributed by atoms with E-state index in [0.717, 1.165) is 31.6 Å². The first-order chi connectivity index (χ1) is 19.9. The second-order valence-electron chi connectivity index (χ2n) is 10.2. The molecule has 1 aliphatic heterocycles. The normalized spacial score (nSPS) is 14.1. The summed E-state index contributed by atoms with van der Waals surface area (Å²) in [4.78, 5) is 55.5. The van der Waals surface area contributed by atoms with Gasteiger partial charge in [0.2, 0.25) is 17.7 Å². The molecule has 0 saturated carbocycles.